The molecule has 0 aromatic carbocycles. The van der Waals surface area contributed by atoms with E-state index < -0.39 is 0 Å². The third-order valence-corrected chi connectivity index (χ3v) is 4.06. The number of hydrogen-bond donors (Lipinski definition) is 1. The van der Waals surface area contributed by atoms with Crippen LogP contribution >= 0.6 is 0 Å². The van der Waals surface area contributed by atoms with Gasteiger partial charge in [0.2, 0.25) is 0 Å². The number of allylic oxidation sites excluding steroid dienone is 1. The third-order valence-electron chi connectivity index (χ3n) is 4.06. The lowest BCUT2D eigenvalue weighted by atomic mass is 10.0. The van der Waals surface area contributed by atoms with Crippen LogP contribution < -0.4 is 5.32 Å². The van der Waals surface area contributed by atoms with Gasteiger partial charge in [-0.05, 0) is 52.1 Å². The van der Waals surface area contributed by atoms with Gasteiger partial charge in [0.15, 0.2) is 0 Å². The Morgan fingerprint density at radius 2 is 2.06 bits per heavy atom. The van der Waals surface area contributed by atoms with Gasteiger partial charge in [-0.25, -0.2) is 0 Å². The summed E-state index contributed by atoms with van der Waals surface area (Å²) < 4.78 is 5.41. The molecule has 0 aliphatic carbocycles. The van der Waals surface area contributed by atoms with Gasteiger partial charge in [-0.2, -0.15) is 0 Å². The molecular weight excluding hydrogens is 224 g/mol. The molecule has 104 valence electrons. The summed E-state index contributed by atoms with van der Waals surface area (Å²) in [5.74, 6) is 0.758. The minimum Gasteiger partial charge on any atom is -0.381 e. The number of piperidine rings is 1. The molecule has 0 aromatic heterocycles. The van der Waals surface area contributed by atoms with Crippen LogP contribution in [0.25, 0.3) is 0 Å². The molecule has 0 radical (unpaired) electrons. The number of rotatable bonds is 5. The lowest BCUT2D eigenvalue weighted by Crippen LogP contribution is -2.43. The predicted octanol–water partition coefficient (Wildman–Crippen LogP) is 2.04. The Hall–Kier alpha value is -0.380. The molecule has 1 atom stereocenters. The summed E-state index contributed by atoms with van der Waals surface area (Å²) >= 11 is 0. The maximum Gasteiger partial charge on any atom is 0.0507 e. The summed E-state index contributed by atoms with van der Waals surface area (Å²) in [5, 5.41) is 3.73. The summed E-state index contributed by atoms with van der Waals surface area (Å²) in [6, 6.07) is 0.730. The van der Waals surface area contributed by atoms with E-state index in [1.807, 2.05) is 0 Å². The van der Waals surface area contributed by atoms with E-state index in [1.54, 1.807) is 0 Å². The quantitative estimate of drug-likeness (QED) is 0.758. The van der Waals surface area contributed by atoms with E-state index in [4.69, 9.17) is 4.74 Å². The highest BCUT2D eigenvalue weighted by molar-refractivity contribution is 4.95. The van der Waals surface area contributed by atoms with Crippen molar-refractivity contribution in [1.82, 2.24) is 10.2 Å². The molecule has 2 rings (SSSR count). The Labute approximate surface area is 112 Å². The van der Waals surface area contributed by atoms with Crippen molar-refractivity contribution in [3.05, 3.63) is 11.6 Å². The normalized spacial score (nSPS) is 26.4. The van der Waals surface area contributed by atoms with Crippen molar-refractivity contribution in [1.29, 1.82) is 0 Å². The Bertz CT molecular complexity index is 260. The summed E-state index contributed by atoms with van der Waals surface area (Å²) in [7, 11) is 0. The molecule has 1 N–H and O–H groups in total. The molecular formula is C15H28N2O. The molecule has 3 heteroatoms. The zero-order valence-corrected chi connectivity index (χ0v) is 12.0. The molecule has 0 amide bonds. The van der Waals surface area contributed by atoms with E-state index in [0.29, 0.717) is 0 Å². The summed E-state index contributed by atoms with van der Waals surface area (Å²) in [5.41, 5.74) is 1.43. The molecule has 0 aromatic rings. The number of likely N-dealkylation sites (tertiary alicyclic amines) is 1. The van der Waals surface area contributed by atoms with Crippen LogP contribution in [-0.2, 0) is 4.74 Å². The van der Waals surface area contributed by atoms with Crippen LogP contribution in [0.1, 0.15) is 33.1 Å². The van der Waals surface area contributed by atoms with Gasteiger partial charge >= 0.3 is 0 Å². The smallest absolute Gasteiger partial charge is 0.0507 e. The van der Waals surface area contributed by atoms with E-state index in [2.05, 4.69) is 30.1 Å². The van der Waals surface area contributed by atoms with Gasteiger partial charge in [-0.3, -0.25) is 4.90 Å². The largest absolute Gasteiger partial charge is 0.381 e. The van der Waals surface area contributed by atoms with Crippen LogP contribution in [-0.4, -0.2) is 50.3 Å². The summed E-state index contributed by atoms with van der Waals surface area (Å²) in [6.07, 6.45) is 6.17. The lowest BCUT2D eigenvalue weighted by Gasteiger charge is -2.32. The van der Waals surface area contributed by atoms with Gasteiger partial charge < -0.3 is 10.1 Å². The summed E-state index contributed by atoms with van der Waals surface area (Å²) in [6.45, 7) is 11.0. The molecule has 2 aliphatic rings. The lowest BCUT2D eigenvalue weighted by molar-refractivity contribution is 0.180. The zero-order valence-electron chi connectivity index (χ0n) is 12.0. The van der Waals surface area contributed by atoms with E-state index in [0.717, 1.165) is 38.3 Å². The zero-order chi connectivity index (χ0) is 12.8. The Kier molecular flexibility index (Phi) is 5.67. The van der Waals surface area contributed by atoms with Crippen LogP contribution in [0.4, 0.5) is 0 Å². The van der Waals surface area contributed by atoms with Gasteiger partial charge in [0.05, 0.1) is 6.61 Å². The average molecular weight is 252 g/mol. The van der Waals surface area contributed by atoms with Crippen LogP contribution in [0.15, 0.2) is 11.6 Å². The molecule has 0 bridgehead atoms. The highest BCUT2D eigenvalue weighted by Gasteiger charge is 2.20. The second kappa shape index (κ2) is 7.27. The molecule has 1 unspecified atom stereocenters. The van der Waals surface area contributed by atoms with E-state index in [-0.39, 0.29) is 0 Å². The number of nitrogens with zero attached hydrogens (tertiary/aromatic N) is 1. The van der Waals surface area contributed by atoms with E-state index >= 15 is 0 Å². The average Bonchev–Trinajstić information content (AvgIpc) is 2.88. The molecule has 2 fully saturated rings. The van der Waals surface area contributed by atoms with Crippen molar-refractivity contribution in [3.8, 4) is 0 Å². The van der Waals surface area contributed by atoms with Crippen molar-refractivity contribution >= 4 is 0 Å². The first-order chi connectivity index (χ1) is 8.74. The maximum absolute atomic E-state index is 5.41. The minimum atomic E-state index is 0.730. The van der Waals surface area contributed by atoms with Gasteiger partial charge in [-0.1, -0.05) is 11.6 Å². The summed E-state index contributed by atoms with van der Waals surface area (Å²) in [4.78, 5) is 2.56. The van der Waals surface area contributed by atoms with Crippen LogP contribution in [0.3, 0.4) is 0 Å². The second-order valence-electron chi connectivity index (χ2n) is 5.99. The van der Waals surface area contributed by atoms with Crippen molar-refractivity contribution in [2.24, 2.45) is 5.92 Å². The molecule has 0 spiro atoms. The van der Waals surface area contributed by atoms with E-state index in [1.165, 1.54) is 37.9 Å². The number of nitrogens with one attached hydrogen (secondary N) is 1. The van der Waals surface area contributed by atoms with Crippen molar-refractivity contribution in [2.75, 3.05) is 39.4 Å². The molecule has 3 nitrogen and oxygen atoms in total. The highest BCUT2D eigenvalue weighted by Crippen LogP contribution is 2.14. The van der Waals surface area contributed by atoms with Crippen molar-refractivity contribution in [3.63, 3.8) is 0 Å². The fraction of sp³-hybridized carbons (Fsp3) is 0.867. The Morgan fingerprint density at radius 3 is 2.67 bits per heavy atom. The van der Waals surface area contributed by atoms with E-state index in [9.17, 15) is 0 Å². The SMILES string of the molecule is CC(C)=CCN1CCC(NCC2CCOC2)CC1. The van der Waals surface area contributed by atoms with Crippen molar-refractivity contribution < 1.29 is 4.74 Å². The molecule has 18 heavy (non-hydrogen) atoms. The number of hydrogen-bond acceptors (Lipinski definition) is 3. The topological polar surface area (TPSA) is 24.5 Å². The maximum atomic E-state index is 5.41. The predicted molar refractivity (Wildman–Crippen MR) is 75.8 cm³/mol. The Balaban J connectivity index is 1.59. The third kappa shape index (κ3) is 4.71. The first kappa shape index (κ1) is 14.0. The standard InChI is InChI=1S/C15H28N2O/c1-13(2)3-7-17-8-4-15(5-9-17)16-11-14-6-10-18-12-14/h3,14-16H,4-12H2,1-2H3. The highest BCUT2D eigenvalue weighted by atomic mass is 16.5. The van der Waals surface area contributed by atoms with Crippen LogP contribution in [0.5, 0.6) is 0 Å². The van der Waals surface area contributed by atoms with Crippen LogP contribution in [0.2, 0.25) is 0 Å². The molecule has 2 heterocycles. The first-order valence-electron chi connectivity index (χ1n) is 7.41. The molecule has 2 aliphatic heterocycles. The van der Waals surface area contributed by atoms with Crippen molar-refractivity contribution in [2.45, 2.75) is 39.2 Å². The minimum absolute atomic E-state index is 0.730. The Morgan fingerprint density at radius 1 is 1.28 bits per heavy atom. The monoisotopic (exact) mass is 252 g/mol. The van der Waals surface area contributed by atoms with Gasteiger partial charge in [-0.15, -0.1) is 0 Å². The van der Waals surface area contributed by atoms with Gasteiger partial charge in [0.1, 0.15) is 0 Å². The van der Waals surface area contributed by atoms with Gasteiger partial charge in [0, 0.05) is 25.7 Å². The van der Waals surface area contributed by atoms with Crippen LogP contribution in [0, 0.1) is 5.92 Å². The fourth-order valence-corrected chi connectivity index (χ4v) is 2.71. The fourth-order valence-electron chi connectivity index (χ4n) is 2.71. The number of ether oxygens (including phenoxy) is 1. The van der Waals surface area contributed by atoms with Gasteiger partial charge in [0.25, 0.3) is 0 Å². The molecule has 2 saturated heterocycles. The second-order valence-corrected chi connectivity index (χ2v) is 5.99. The first-order valence-corrected chi connectivity index (χ1v) is 7.41. The molecule has 0 saturated carbocycles.